The minimum absolute atomic E-state index is 0.105. The number of rotatable bonds is 2. The van der Waals surface area contributed by atoms with Gasteiger partial charge >= 0.3 is 12.4 Å². The maximum absolute atomic E-state index is 9.36. The smallest absolute Gasteiger partial charge is 0.393 e. The van der Waals surface area contributed by atoms with Crippen molar-refractivity contribution in [3.63, 3.8) is 0 Å². The van der Waals surface area contributed by atoms with Gasteiger partial charge in [-0.15, -0.1) is 0 Å². The summed E-state index contributed by atoms with van der Waals surface area (Å²) >= 11 is 0. The van der Waals surface area contributed by atoms with Gasteiger partial charge in [0.1, 0.15) is 5.69 Å². The fraction of sp³-hybridized carbons (Fsp3) is 0. The van der Waals surface area contributed by atoms with Crippen LogP contribution in [-0.4, -0.2) is 15.2 Å². The number of pyridine rings is 1. The molecule has 0 aliphatic carbocycles. The minimum Gasteiger partial charge on any atom is -0.501 e. The molecule has 0 amide bonds. The van der Waals surface area contributed by atoms with Crippen molar-refractivity contribution in [1.29, 1.82) is 10.8 Å². The van der Waals surface area contributed by atoms with E-state index in [4.69, 9.17) is 10.8 Å². The molecule has 0 unspecified atom stereocenters. The number of nitrogens with zero attached hydrogens (tertiary/aromatic N) is 5. The molecule has 0 bridgehead atoms. The van der Waals surface area contributed by atoms with Gasteiger partial charge in [0, 0.05) is 11.8 Å². The first kappa shape index (κ1) is 11.1. The zero-order valence-corrected chi connectivity index (χ0v) is 8.02. The number of aliphatic hydroxyl groups is 2. The van der Waals surface area contributed by atoms with Gasteiger partial charge in [-0.25, -0.2) is 0 Å². The van der Waals surface area contributed by atoms with E-state index in [1.807, 2.05) is 0 Å². The number of hydrogen-bond acceptors (Lipinski definition) is 5. The third-order valence-corrected chi connectivity index (χ3v) is 1.68. The van der Waals surface area contributed by atoms with E-state index in [9.17, 15) is 10.2 Å². The fourth-order valence-corrected chi connectivity index (χ4v) is 0.980. The van der Waals surface area contributed by atoms with Crippen LogP contribution >= 0.6 is 0 Å². The van der Waals surface area contributed by atoms with Crippen molar-refractivity contribution in [3.05, 3.63) is 51.9 Å². The summed E-state index contributed by atoms with van der Waals surface area (Å²) in [7, 11) is 0. The van der Waals surface area contributed by atoms with Gasteiger partial charge in [0.2, 0.25) is 22.3 Å². The highest BCUT2D eigenvalue weighted by Crippen LogP contribution is 2.15. The van der Waals surface area contributed by atoms with Gasteiger partial charge in [-0.1, -0.05) is 0 Å². The molecular weight excluding hydrogens is 210 g/mol. The van der Waals surface area contributed by atoms with Crippen LogP contribution < -0.4 is 0 Å². The molecule has 1 heterocycles. The Morgan fingerprint density at radius 3 is 2.44 bits per heavy atom. The van der Waals surface area contributed by atoms with Crippen LogP contribution in [0.5, 0.6) is 0 Å². The molecule has 0 aliphatic heterocycles. The maximum Gasteiger partial charge on any atom is 0.393 e. The maximum atomic E-state index is 9.36. The van der Waals surface area contributed by atoms with E-state index < -0.39 is 0 Å². The van der Waals surface area contributed by atoms with Crippen LogP contribution in [-0.2, 0) is 0 Å². The molecule has 0 radical (unpaired) electrons. The SMILES string of the molecule is N#[N+]/C=C(\O)c1cc(/C(O)=C\[N+]#N)ccn1. The largest absolute Gasteiger partial charge is 0.501 e. The van der Waals surface area contributed by atoms with Crippen molar-refractivity contribution in [2.24, 2.45) is 0 Å². The van der Waals surface area contributed by atoms with Gasteiger partial charge in [-0.2, -0.15) is 0 Å². The highest BCUT2D eigenvalue weighted by atomic mass is 16.3. The summed E-state index contributed by atoms with van der Waals surface area (Å²) < 4.78 is 0. The minimum atomic E-state index is -0.363. The molecule has 0 fully saturated rings. The summed E-state index contributed by atoms with van der Waals surface area (Å²) in [5.41, 5.74) is 0.397. The Morgan fingerprint density at radius 1 is 1.19 bits per heavy atom. The summed E-state index contributed by atoms with van der Waals surface area (Å²) in [5.74, 6) is -0.655. The Hall–Kier alpha value is -2.93. The lowest BCUT2D eigenvalue weighted by atomic mass is 10.2. The summed E-state index contributed by atoms with van der Waals surface area (Å²) in [6.45, 7) is 0. The lowest BCUT2D eigenvalue weighted by molar-refractivity contribution is 0.506. The molecule has 2 N–H and O–H groups in total. The van der Waals surface area contributed by atoms with Crippen molar-refractivity contribution in [2.45, 2.75) is 0 Å². The number of aromatic nitrogens is 1. The zero-order chi connectivity index (χ0) is 12.0. The summed E-state index contributed by atoms with van der Waals surface area (Å²) in [4.78, 5) is 9.07. The van der Waals surface area contributed by atoms with Crippen LogP contribution in [0.2, 0.25) is 0 Å². The van der Waals surface area contributed by atoms with Crippen molar-refractivity contribution in [1.82, 2.24) is 4.98 Å². The molecule has 7 nitrogen and oxygen atoms in total. The lowest BCUT2D eigenvalue weighted by Crippen LogP contribution is -1.91. The second-order valence-electron chi connectivity index (χ2n) is 2.69. The van der Waals surface area contributed by atoms with Crippen molar-refractivity contribution < 1.29 is 10.2 Å². The van der Waals surface area contributed by atoms with Crippen LogP contribution in [0.1, 0.15) is 11.3 Å². The van der Waals surface area contributed by atoms with E-state index in [1.54, 1.807) is 0 Å². The average molecular weight is 217 g/mol. The van der Waals surface area contributed by atoms with Gasteiger partial charge in [0.15, 0.2) is 9.95 Å². The van der Waals surface area contributed by atoms with E-state index in [0.29, 0.717) is 5.56 Å². The third kappa shape index (κ3) is 2.53. The first-order valence-electron chi connectivity index (χ1n) is 4.12. The summed E-state index contributed by atoms with van der Waals surface area (Å²) in [6, 6.07) is 2.78. The van der Waals surface area contributed by atoms with Crippen LogP contribution in [0.25, 0.3) is 21.5 Å². The van der Waals surface area contributed by atoms with Crippen molar-refractivity contribution in [3.8, 4) is 0 Å². The highest BCUT2D eigenvalue weighted by Gasteiger charge is 2.10. The van der Waals surface area contributed by atoms with Crippen LogP contribution in [0.3, 0.4) is 0 Å². The van der Waals surface area contributed by atoms with Gasteiger partial charge in [0.25, 0.3) is 0 Å². The van der Waals surface area contributed by atoms with E-state index in [-0.39, 0.29) is 17.2 Å². The first-order chi connectivity index (χ1) is 7.69. The van der Waals surface area contributed by atoms with E-state index >= 15 is 0 Å². The molecule has 1 rings (SSSR count). The monoisotopic (exact) mass is 217 g/mol. The lowest BCUT2D eigenvalue weighted by Gasteiger charge is -1.98. The molecular formula is C9H7N5O2+2. The summed E-state index contributed by atoms with van der Waals surface area (Å²) in [5, 5.41) is 35.1. The third-order valence-electron chi connectivity index (χ3n) is 1.68. The van der Waals surface area contributed by atoms with Gasteiger partial charge < -0.3 is 10.2 Å². The van der Waals surface area contributed by atoms with Crippen molar-refractivity contribution >= 4 is 11.5 Å². The molecule has 16 heavy (non-hydrogen) atoms. The average Bonchev–Trinajstić information content (AvgIpc) is 2.30. The second kappa shape index (κ2) is 5.08. The Morgan fingerprint density at radius 2 is 1.81 bits per heavy atom. The standard InChI is InChI=1S/C9H5N5O2/c10-13-4-8(15)6-1-2-12-7(3-6)9(16)5-14-11/h1-5H/p+2/b8-4+,9-5-. The highest BCUT2D eigenvalue weighted by molar-refractivity contribution is 5.64. The second-order valence-corrected chi connectivity index (χ2v) is 2.69. The molecule has 0 aromatic carbocycles. The Kier molecular flexibility index (Phi) is 3.54. The number of aliphatic hydroxyl groups excluding tert-OH is 2. The molecule has 1 aromatic rings. The topological polar surface area (TPSA) is 110 Å². The van der Waals surface area contributed by atoms with Gasteiger partial charge in [-0.3, -0.25) is 4.98 Å². The Bertz CT molecular complexity index is 490. The fourth-order valence-electron chi connectivity index (χ4n) is 0.980. The quantitative estimate of drug-likeness (QED) is 0.584. The molecule has 78 valence electrons. The normalized spacial score (nSPS) is 11.6. The summed E-state index contributed by atoms with van der Waals surface area (Å²) in [6.07, 6.45) is 2.95. The van der Waals surface area contributed by atoms with E-state index in [2.05, 4.69) is 14.9 Å². The predicted molar refractivity (Wildman–Crippen MR) is 55.6 cm³/mol. The van der Waals surface area contributed by atoms with E-state index in [0.717, 1.165) is 12.4 Å². The van der Waals surface area contributed by atoms with E-state index in [1.165, 1.54) is 18.3 Å². The van der Waals surface area contributed by atoms with Crippen molar-refractivity contribution in [2.75, 3.05) is 0 Å². The van der Waals surface area contributed by atoms with Gasteiger partial charge in [0.05, 0.1) is 0 Å². The number of diazo groups is 2. The number of hydrogen-bond donors (Lipinski definition) is 2. The molecule has 0 atom stereocenters. The molecule has 7 heteroatoms. The van der Waals surface area contributed by atoms with Crippen LogP contribution in [0.4, 0.5) is 0 Å². The Labute approximate surface area is 90.2 Å². The predicted octanol–water partition coefficient (Wildman–Crippen LogP) is 2.50. The molecule has 0 spiro atoms. The molecule has 0 saturated carbocycles. The Balaban J connectivity index is 3.16. The zero-order valence-electron chi connectivity index (χ0n) is 8.02. The molecule has 0 aliphatic rings. The molecule has 1 aromatic heterocycles. The first-order valence-corrected chi connectivity index (χ1v) is 4.12. The van der Waals surface area contributed by atoms with Gasteiger partial charge in [-0.05, 0) is 12.1 Å². The van der Waals surface area contributed by atoms with Crippen LogP contribution in [0, 0.1) is 10.8 Å². The molecule has 0 saturated heterocycles. The van der Waals surface area contributed by atoms with Crippen LogP contribution in [0.15, 0.2) is 30.7 Å².